The summed E-state index contributed by atoms with van der Waals surface area (Å²) in [4.78, 5) is 12.1. The first-order chi connectivity index (χ1) is 9.86. The molecule has 21 heavy (non-hydrogen) atoms. The van der Waals surface area contributed by atoms with Crippen molar-refractivity contribution in [1.29, 1.82) is 0 Å². The van der Waals surface area contributed by atoms with E-state index in [1.54, 1.807) is 0 Å². The second kappa shape index (κ2) is 6.10. The Balaban J connectivity index is 2.04. The van der Waals surface area contributed by atoms with E-state index in [2.05, 4.69) is 0 Å². The van der Waals surface area contributed by atoms with E-state index in [1.165, 1.54) is 24.3 Å². The molecule has 0 aliphatic carbocycles. The van der Waals surface area contributed by atoms with Gasteiger partial charge in [-0.25, -0.2) is 13.2 Å². The van der Waals surface area contributed by atoms with Gasteiger partial charge in [-0.15, -0.1) is 0 Å². The van der Waals surface area contributed by atoms with Gasteiger partial charge in [-0.1, -0.05) is 29.8 Å². The third-order valence-corrected chi connectivity index (χ3v) is 4.10. The molecular formula is C16H16O4S. The van der Waals surface area contributed by atoms with E-state index in [-0.39, 0.29) is 11.5 Å². The number of hydrogen-bond acceptors (Lipinski definition) is 4. The monoisotopic (exact) mass is 304 g/mol. The molecule has 0 spiro atoms. The van der Waals surface area contributed by atoms with E-state index >= 15 is 0 Å². The molecule has 0 aromatic heterocycles. The predicted molar refractivity (Wildman–Crippen MR) is 79.9 cm³/mol. The van der Waals surface area contributed by atoms with Gasteiger partial charge in [0.2, 0.25) is 0 Å². The highest BCUT2D eigenvalue weighted by Gasteiger charge is 2.11. The van der Waals surface area contributed by atoms with Crippen molar-refractivity contribution in [2.24, 2.45) is 0 Å². The fourth-order valence-corrected chi connectivity index (χ4v) is 2.50. The van der Waals surface area contributed by atoms with Crippen molar-refractivity contribution in [3.05, 3.63) is 65.2 Å². The summed E-state index contributed by atoms with van der Waals surface area (Å²) in [6.45, 7) is 2.16. The van der Waals surface area contributed by atoms with Gasteiger partial charge in [0.25, 0.3) is 0 Å². The fourth-order valence-electron chi connectivity index (χ4n) is 1.87. The topological polar surface area (TPSA) is 60.4 Å². The molecule has 2 aromatic rings. The van der Waals surface area contributed by atoms with Crippen molar-refractivity contribution >= 4 is 15.8 Å². The number of carbonyl (C=O) groups is 1. The van der Waals surface area contributed by atoms with Gasteiger partial charge in [0, 0.05) is 6.26 Å². The molecule has 5 heteroatoms. The van der Waals surface area contributed by atoms with Crippen molar-refractivity contribution in [3.63, 3.8) is 0 Å². The maximum Gasteiger partial charge on any atom is 0.338 e. The molecule has 0 atom stereocenters. The number of aryl methyl sites for hydroxylation is 1. The van der Waals surface area contributed by atoms with Crippen molar-refractivity contribution < 1.29 is 17.9 Å². The summed E-state index contributed by atoms with van der Waals surface area (Å²) in [6, 6.07) is 13.4. The van der Waals surface area contributed by atoms with Gasteiger partial charge in [-0.3, -0.25) is 0 Å². The molecule has 0 fully saturated rings. The molecular weight excluding hydrogens is 288 g/mol. The van der Waals surface area contributed by atoms with Gasteiger partial charge in [-0.2, -0.15) is 0 Å². The number of rotatable bonds is 4. The second-order valence-electron chi connectivity index (χ2n) is 4.86. The molecule has 0 aliphatic rings. The Hall–Kier alpha value is -2.14. The minimum Gasteiger partial charge on any atom is -0.457 e. The van der Waals surface area contributed by atoms with Crippen LogP contribution in [0.4, 0.5) is 0 Å². The maximum absolute atomic E-state index is 11.9. The Labute approximate surface area is 124 Å². The lowest BCUT2D eigenvalue weighted by atomic mass is 10.1. The normalized spacial score (nSPS) is 11.1. The molecule has 0 unspecified atom stereocenters. The van der Waals surface area contributed by atoms with E-state index in [0.29, 0.717) is 5.56 Å². The SMILES string of the molecule is Cc1cccc(COC(=O)c2ccc(S(C)(=O)=O)cc2)c1. The molecule has 4 nitrogen and oxygen atoms in total. The zero-order valence-corrected chi connectivity index (χ0v) is 12.7. The number of esters is 1. The molecule has 110 valence electrons. The zero-order valence-electron chi connectivity index (χ0n) is 11.9. The highest BCUT2D eigenvalue weighted by molar-refractivity contribution is 7.90. The minimum atomic E-state index is -3.26. The molecule has 0 N–H and O–H groups in total. The Kier molecular flexibility index (Phi) is 4.43. The van der Waals surface area contributed by atoms with Crippen molar-refractivity contribution in [2.45, 2.75) is 18.4 Å². The molecule has 0 radical (unpaired) electrons. The summed E-state index contributed by atoms with van der Waals surface area (Å²) in [5.74, 6) is -0.475. The van der Waals surface area contributed by atoms with Crippen LogP contribution in [0.25, 0.3) is 0 Å². The van der Waals surface area contributed by atoms with Gasteiger partial charge < -0.3 is 4.74 Å². The maximum atomic E-state index is 11.9. The van der Waals surface area contributed by atoms with Crippen LogP contribution in [0.3, 0.4) is 0 Å². The average molecular weight is 304 g/mol. The predicted octanol–water partition coefficient (Wildman–Crippen LogP) is 2.76. The summed E-state index contributed by atoms with van der Waals surface area (Å²) >= 11 is 0. The summed E-state index contributed by atoms with van der Waals surface area (Å²) in [6.07, 6.45) is 1.12. The van der Waals surface area contributed by atoms with E-state index < -0.39 is 15.8 Å². The Morgan fingerprint density at radius 3 is 2.33 bits per heavy atom. The van der Waals surface area contributed by atoms with Crippen molar-refractivity contribution in [1.82, 2.24) is 0 Å². The van der Waals surface area contributed by atoms with E-state index in [0.717, 1.165) is 17.4 Å². The lowest BCUT2D eigenvalue weighted by molar-refractivity contribution is 0.0472. The first kappa shape index (κ1) is 15.3. The lowest BCUT2D eigenvalue weighted by Gasteiger charge is -2.06. The second-order valence-corrected chi connectivity index (χ2v) is 6.88. The first-order valence-corrected chi connectivity index (χ1v) is 8.28. The van der Waals surface area contributed by atoms with E-state index in [9.17, 15) is 13.2 Å². The Bertz CT molecular complexity index is 746. The third kappa shape index (κ3) is 4.16. The minimum absolute atomic E-state index is 0.178. The van der Waals surface area contributed by atoms with Crippen LogP contribution in [-0.4, -0.2) is 20.6 Å². The van der Waals surface area contributed by atoms with Gasteiger partial charge in [0.05, 0.1) is 10.5 Å². The van der Waals surface area contributed by atoms with Crippen LogP contribution >= 0.6 is 0 Å². The van der Waals surface area contributed by atoms with Crippen LogP contribution in [0.1, 0.15) is 21.5 Å². The number of hydrogen-bond donors (Lipinski definition) is 0. The van der Waals surface area contributed by atoms with Crippen LogP contribution in [-0.2, 0) is 21.2 Å². The summed E-state index contributed by atoms with van der Waals surface area (Å²) in [5.41, 5.74) is 2.34. The Morgan fingerprint density at radius 1 is 1.10 bits per heavy atom. The molecule has 0 heterocycles. The summed E-state index contributed by atoms with van der Waals surface area (Å²) in [5, 5.41) is 0. The summed E-state index contributed by atoms with van der Waals surface area (Å²) < 4.78 is 27.9. The van der Waals surface area contributed by atoms with Crippen LogP contribution in [0, 0.1) is 6.92 Å². The average Bonchev–Trinajstić information content (AvgIpc) is 2.44. The zero-order chi connectivity index (χ0) is 15.5. The molecule has 0 saturated heterocycles. The molecule has 0 saturated carbocycles. The van der Waals surface area contributed by atoms with Gasteiger partial charge in [-0.05, 0) is 36.8 Å². The first-order valence-electron chi connectivity index (χ1n) is 6.39. The van der Waals surface area contributed by atoms with Gasteiger partial charge >= 0.3 is 5.97 Å². The highest BCUT2D eigenvalue weighted by atomic mass is 32.2. The van der Waals surface area contributed by atoms with E-state index in [4.69, 9.17) is 4.74 Å². The molecule has 0 bridgehead atoms. The van der Waals surface area contributed by atoms with Crippen LogP contribution in [0.15, 0.2) is 53.4 Å². The molecule has 2 rings (SSSR count). The van der Waals surface area contributed by atoms with Crippen molar-refractivity contribution in [2.75, 3.05) is 6.26 Å². The van der Waals surface area contributed by atoms with E-state index in [1.807, 2.05) is 31.2 Å². The summed E-state index contributed by atoms with van der Waals surface area (Å²) in [7, 11) is -3.26. The van der Waals surface area contributed by atoms with Gasteiger partial charge in [0.1, 0.15) is 6.61 Å². The van der Waals surface area contributed by atoms with Crippen LogP contribution < -0.4 is 0 Å². The molecule has 0 aliphatic heterocycles. The number of benzene rings is 2. The smallest absolute Gasteiger partial charge is 0.338 e. The molecule has 0 amide bonds. The van der Waals surface area contributed by atoms with Crippen LogP contribution in [0.5, 0.6) is 0 Å². The number of carbonyl (C=O) groups excluding carboxylic acids is 1. The largest absolute Gasteiger partial charge is 0.457 e. The fraction of sp³-hybridized carbons (Fsp3) is 0.188. The van der Waals surface area contributed by atoms with Crippen molar-refractivity contribution in [3.8, 4) is 0 Å². The number of ether oxygens (including phenoxy) is 1. The number of sulfone groups is 1. The standard InChI is InChI=1S/C16H16O4S/c1-12-4-3-5-13(10-12)11-20-16(17)14-6-8-15(9-7-14)21(2,18)19/h3-10H,11H2,1-2H3. The highest BCUT2D eigenvalue weighted by Crippen LogP contribution is 2.12. The van der Waals surface area contributed by atoms with Gasteiger partial charge in [0.15, 0.2) is 9.84 Å². The molecule has 2 aromatic carbocycles. The quantitative estimate of drug-likeness (QED) is 0.815. The van der Waals surface area contributed by atoms with Crippen LogP contribution in [0.2, 0.25) is 0 Å². The lowest BCUT2D eigenvalue weighted by Crippen LogP contribution is -2.06. The third-order valence-electron chi connectivity index (χ3n) is 2.97. The Morgan fingerprint density at radius 2 is 1.76 bits per heavy atom.